The summed E-state index contributed by atoms with van der Waals surface area (Å²) < 4.78 is 0. The lowest BCUT2D eigenvalue weighted by molar-refractivity contribution is -0.141. The highest BCUT2D eigenvalue weighted by Crippen LogP contribution is 2.26. The summed E-state index contributed by atoms with van der Waals surface area (Å²) in [5.74, 6) is 1.30. The van der Waals surface area contributed by atoms with Crippen molar-refractivity contribution in [2.45, 2.75) is 57.0 Å². The molecular weight excluding hydrogens is 276 g/mol. The molecule has 1 aliphatic carbocycles. The van der Waals surface area contributed by atoms with Gasteiger partial charge in [0, 0.05) is 6.04 Å². The molecule has 2 aliphatic rings. The molecule has 1 atom stereocenters. The van der Waals surface area contributed by atoms with Gasteiger partial charge in [0.25, 0.3) is 0 Å². The highest BCUT2D eigenvalue weighted by Gasteiger charge is 2.31. The van der Waals surface area contributed by atoms with E-state index in [-0.39, 0.29) is 18.0 Å². The molecule has 20 heavy (non-hydrogen) atoms. The molecule has 0 aromatic heterocycles. The van der Waals surface area contributed by atoms with E-state index in [1.54, 1.807) is 0 Å². The third-order valence-electron chi connectivity index (χ3n) is 4.23. The Kier molecular flexibility index (Phi) is 6.01. The number of urea groups is 1. The molecule has 1 aliphatic heterocycles. The first-order valence-corrected chi connectivity index (χ1v) is 8.70. The van der Waals surface area contributed by atoms with Crippen molar-refractivity contribution >= 4 is 23.8 Å². The summed E-state index contributed by atoms with van der Waals surface area (Å²) in [5, 5.41) is 14.9. The number of carboxylic acid groups (broad SMARTS) is 1. The first kappa shape index (κ1) is 15.5. The minimum atomic E-state index is -0.911. The van der Waals surface area contributed by atoms with Gasteiger partial charge in [-0.2, -0.15) is 11.8 Å². The SMILES string of the molecule is O=C(NC1CCSCC1)NC(C(=O)O)C1CCCCC1. The number of aliphatic carboxylic acids is 1. The van der Waals surface area contributed by atoms with Crippen LogP contribution in [0.15, 0.2) is 0 Å². The number of amides is 2. The summed E-state index contributed by atoms with van der Waals surface area (Å²) in [4.78, 5) is 23.4. The Hall–Kier alpha value is -0.910. The van der Waals surface area contributed by atoms with E-state index in [4.69, 9.17) is 0 Å². The molecular formula is C14H24N2O3S. The molecule has 2 fully saturated rings. The van der Waals surface area contributed by atoms with Gasteiger partial charge in [0.1, 0.15) is 6.04 Å². The Labute approximate surface area is 124 Å². The van der Waals surface area contributed by atoms with Crippen LogP contribution in [0.2, 0.25) is 0 Å². The molecule has 1 saturated carbocycles. The lowest BCUT2D eigenvalue weighted by Crippen LogP contribution is -2.52. The zero-order valence-corrected chi connectivity index (χ0v) is 12.6. The Morgan fingerprint density at radius 2 is 1.70 bits per heavy atom. The van der Waals surface area contributed by atoms with Gasteiger partial charge in [-0.25, -0.2) is 9.59 Å². The van der Waals surface area contributed by atoms with Gasteiger partial charge < -0.3 is 15.7 Å². The average Bonchev–Trinajstić information content (AvgIpc) is 2.46. The second-order valence-corrected chi connectivity index (χ2v) is 6.94. The van der Waals surface area contributed by atoms with Crippen molar-refractivity contribution < 1.29 is 14.7 Å². The van der Waals surface area contributed by atoms with Crippen molar-refractivity contribution in [3.8, 4) is 0 Å². The summed E-state index contributed by atoms with van der Waals surface area (Å²) in [6.45, 7) is 0. The molecule has 0 aromatic carbocycles. The zero-order valence-electron chi connectivity index (χ0n) is 11.8. The fraction of sp³-hybridized carbons (Fsp3) is 0.857. The fourth-order valence-electron chi connectivity index (χ4n) is 3.06. The predicted molar refractivity (Wildman–Crippen MR) is 80.0 cm³/mol. The molecule has 3 N–H and O–H groups in total. The maximum Gasteiger partial charge on any atom is 0.326 e. The summed E-state index contributed by atoms with van der Waals surface area (Å²) in [6.07, 6.45) is 7.05. The Morgan fingerprint density at radius 1 is 1.05 bits per heavy atom. The number of carboxylic acids is 1. The van der Waals surface area contributed by atoms with Gasteiger partial charge in [-0.3, -0.25) is 0 Å². The van der Waals surface area contributed by atoms with E-state index < -0.39 is 12.0 Å². The molecule has 0 radical (unpaired) electrons. The topological polar surface area (TPSA) is 78.4 Å². The molecule has 1 heterocycles. The fourth-order valence-corrected chi connectivity index (χ4v) is 4.17. The molecule has 0 bridgehead atoms. The number of hydrogen-bond donors (Lipinski definition) is 3. The maximum absolute atomic E-state index is 12.0. The minimum absolute atomic E-state index is 0.0777. The van der Waals surface area contributed by atoms with Crippen LogP contribution < -0.4 is 10.6 Å². The third kappa shape index (κ3) is 4.58. The summed E-state index contributed by atoms with van der Waals surface area (Å²) in [5.41, 5.74) is 0. The van der Waals surface area contributed by atoms with E-state index in [0.717, 1.165) is 50.0 Å². The van der Waals surface area contributed by atoms with Crippen molar-refractivity contribution in [1.82, 2.24) is 10.6 Å². The van der Waals surface area contributed by atoms with E-state index in [2.05, 4.69) is 10.6 Å². The van der Waals surface area contributed by atoms with Crippen molar-refractivity contribution in [2.75, 3.05) is 11.5 Å². The molecule has 1 unspecified atom stereocenters. The maximum atomic E-state index is 12.0. The lowest BCUT2D eigenvalue weighted by atomic mass is 9.84. The van der Waals surface area contributed by atoms with Gasteiger partial charge in [-0.1, -0.05) is 19.3 Å². The van der Waals surface area contributed by atoms with Crippen LogP contribution >= 0.6 is 11.8 Å². The normalized spacial score (nSPS) is 23.0. The van der Waals surface area contributed by atoms with Crippen molar-refractivity contribution in [3.05, 3.63) is 0 Å². The van der Waals surface area contributed by atoms with Gasteiger partial charge in [0.05, 0.1) is 0 Å². The summed E-state index contributed by atoms with van der Waals surface area (Å²) in [7, 11) is 0. The first-order valence-electron chi connectivity index (χ1n) is 7.54. The van der Waals surface area contributed by atoms with Crippen molar-refractivity contribution in [3.63, 3.8) is 0 Å². The van der Waals surface area contributed by atoms with Crippen molar-refractivity contribution in [1.29, 1.82) is 0 Å². The lowest BCUT2D eigenvalue weighted by Gasteiger charge is -2.29. The Bertz CT molecular complexity index is 339. The smallest absolute Gasteiger partial charge is 0.326 e. The van der Waals surface area contributed by atoms with Crippen LogP contribution in [-0.4, -0.2) is 40.7 Å². The van der Waals surface area contributed by atoms with Crippen LogP contribution in [0.25, 0.3) is 0 Å². The largest absolute Gasteiger partial charge is 0.480 e. The van der Waals surface area contributed by atoms with Gasteiger partial charge in [-0.05, 0) is 43.1 Å². The van der Waals surface area contributed by atoms with Crippen molar-refractivity contribution in [2.24, 2.45) is 5.92 Å². The second kappa shape index (κ2) is 7.76. The number of carbonyl (C=O) groups excluding carboxylic acids is 1. The highest BCUT2D eigenvalue weighted by molar-refractivity contribution is 7.99. The van der Waals surface area contributed by atoms with Gasteiger partial charge >= 0.3 is 12.0 Å². The first-order chi connectivity index (χ1) is 9.66. The number of nitrogens with one attached hydrogen (secondary N) is 2. The predicted octanol–water partition coefficient (Wildman–Crippen LogP) is 2.21. The minimum Gasteiger partial charge on any atom is -0.480 e. The Morgan fingerprint density at radius 3 is 2.30 bits per heavy atom. The summed E-state index contributed by atoms with van der Waals surface area (Å²) >= 11 is 1.90. The number of hydrogen-bond acceptors (Lipinski definition) is 3. The molecule has 0 aromatic rings. The highest BCUT2D eigenvalue weighted by atomic mass is 32.2. The summed E-state index contributed by atoms with van der Waals surface area (Å²) in [6, 6.07) is -0.870. The number of rotatable bonds is 4. The number of thioether (sulfide) groups is 1. The van der Waals surface area contributed by atoms with Gasteiger partial charge in [0.2, 0.25) is 0 Å². The van der Waals surface area contributed by atoms with Gasteiger partial charge in [-0.15, -0.1) is 0 Å². The zero-order chi connectivity index (χ0) is 14.4. The molecule has 2 rings (SSSR count). The molecule has 114 valence electrons. The monoisotopic (exact) mass is 300 g/mol. The quantitative estimate of drug-likeness (QED) is 0.744. The van der Waals surface area contributed by atoms with E-state index >= 15 is 0 Å². The molecule has 5 nitrogen and oxygen atoms in total. The van der Waals surface area contributed by atoms with E-state index in [0.29, 0.717) is 0 Å². The molecule has 1 saturated heterocycles. The van der Waals surface area contributed by atoms with Crippen LogP contribution in [0.3, 0.4) is 0 Å². The van der Waals surface area contributed by atoms with Crippen LogP contribution in [0.1, 0.15) is 44.9 Å². The Balaban J connectivity index is 1.83. The van der Waals surface area contributed by atoms with Crippen LogP contribution in [0.4, 0.5) is 4.79 Å². The van der Waals surface area contributed by atoms with Gasteiger partial charge in [0.15, 0.2) is 0 Å². The van der Waals surface area contributed by atoms with E-state index in [1.165, 1.54) is 6.42 Å². The van der Waals surface area contributed by atoms with E-state index in [9.17, 15) is 14.7 Å². The average molecular weight is 300 g/mol. The molecule has 0 spiro atoms. The van der Waals surface area contributed by atoms with Crippen LogP contribution in [0, 0.1) is 5.92 Å². The second-order valence-electron chi connectivity index (χ2n) is 5.72. The third-order valence-corrected chi connectivity index (χ3v) is 5.28. The van der Waals surface area contributed by atoms with Crippen LogP contribution in [-0.2, 0) is 4.79 Å². The van der Waals surface area contributed by atoms with E-state index in [1.807, 2.05) is 11.8 Å². The molecule has 6 heteroatoms. The molecule has 2 amide bonds. The number of carbonyl (C=O) groups is 2. The standard InChI is InChI=1S/C14H24N2O3S/c17-13(18)12(10-4-2-1-3-5-10)16-14(19)15-11-6-8-20-9-7-11/h10-12H,1-9H2,(H,17,18)(H2,15,16,19). The van der Waals surface area contributed by atoms with Crippen LogP contribution in [0.5, 0.6) is 0 Å².